The first kappa shape index (κ1) is 12.2. The Morgan fingerprint density at radius 3 is 2.89 bits per heavy atom. The minimum absolute atomic E-state index is 0.202. The summed E-state index contributed by atoms with van der Waals surface area (Å²) in [6.07, 6.45) is 2.39. The molecule has 5 heteroatoms. The van der Waals surface area contributed by atoms with Gasteiger partial charge in [0.15, 0.2) is 0 Å². The van der Waals surface area contributed by atoms with Crippen LogP contribution in [0.2, 0.25) is 0 Å². The predicted molar refractivity (Wildman–Crippen MR) is 69.8 cm³/mol. The molecule has 19 heavy (non-hydrogen) atoms. The molecule has 0 spiro atoms. The lowest BCUT2D eigenvalue weighted by Crippen LogP contribution is -2.24. The van der Waals surface area contributed by atoms with Crippen molar-refractivity contribution in [1.82, 2.24) is 14.8 Å². The van der Waals surface area contributed by atoms with E-state index in [-0.39, 0.29) is 18.3 Å². The Bertz CT molecular complexity index is 580. The molecule has 1 aliphatic heterocycles. The smallest absolute Gasteiger partial charge is 0.137 e. The van der Waals surface area contributed by atoms with Crippen LogP contribution in [-0.2, 0) is 19.4 Å². The van der Waals surface area contributed by atoms with E-state index in [1.807, 2.05) is 12.1 Å². The molecule has 1 atom stereocenters. The number of rotatable bonds is 3. The number of phenolic OH excluding ortho intramolecular Hbond substituents is 1. The first-order valence-corrected chi connectivity index (χ1v) is 6.56. The zero-order chi connectivity index (χ0) is 13.2. The summed E-state index contributed by atoms with van der Waals surface area (Å²) in [6, 6.07) is 7.28. The number of para-hydroxylation sites is 1. The van der Waals surface area contributed by atoms with Gasteiger partial charge in [-0.25, -0.2) is 0 Å². The summed E-state index contributed by atoms with van der Waals surface area (Å²) in [5, 5.41) is 27.5. The lowest BCUT2D eigenvalue weighted by atomic mass is 10.00. The lowest BCUT2D eigenvalue weighted by Gasteiger charge is -2.22. The van der Waals surface area contributed by atoms with Crippen LogP contribution in [-0.4, -0.2) is 31.6 Å². The number of aliphatic hydroxyl groups is 1. The van der Waals surface area contributed by atoms with Gasteiger partial charge < -0.3 is 14.8 Å². The van der Waals surface area contributed by atoms with Crippen molar-refractivity contribution in [2.75, 3.05) is 6.61 Å². The Morgan fingerprint density at radius 2 is 2.11 bits per heavy atom. The molecule has 0 amide bonds. The van der Waals surface area contributed by atoms with E-state index in [4.69, 9.17) is 0 Å². The minimum atomic E-state index is 0.202. The van der Waals surface area contributed by atoms with Gasteiger partial charge in [0.05, 0.1) is 0 Å². The standard InChI is InChI=1S/C14H17N3O2/c18-9-10-5-6-13-15-16-14(17(13)8-10)7-11-3-1-2-4-12(11)19/h1-4,10,18-19H,5-9H2. The Kier molecular flexibility index (Phi) is 3.21. The summed E-state index contributed by atoms with van der Waals surface area (Å²) in [5.74, 6) is 2.41. The molecule has 0 saturated carbocycles. The van der Waals surface area contributed by atoms with E-state index in [2.05, 4.69) is 14.8 Å². The average Bonchev–Trinajstić information content (AvgIpc) is 2.84. The second-order valence-electron chi connectivity index (χ2n) is 5.04. The van der Waals surface area contributed by atoms with Crippen molar-refractivity contribution in [2.24, 2.45) is 5.92 Å². The molecule has 0 radical (unpaired) electrons. The minimum Gasteiger partial charge on any atom is -0.508 e. The molecule has 2 aromatic rings. The number of fused-ring (bicyclic) bond motifs is 1. The largest absolute Gasteiger partial charge is 0.508 e. The van der Waals surface area contributed by atoms with Crippen LogP contribution in [0.5, 0.6) is 5.75 Å². The second-order valence-corrected chi connectivity index (χ2v) is 5.04. The van der Waals surface area contributed by atoms with Gasteiger partial charge >= 0.3 is 0 Å². The normalized spacial score (nSPS) is 18.3. The highest BCUT2D eigenvalue weighted by molar-refractivity contribution is 5.34. The molecule has 2 heterocycles. The number of aliphatic hydroxyl groups excluding tert-OH is 1. The van der Waals surface area contributed by atoms with Gasteiger partial charge in [-0.1, -0.05) is 18.2 Å². The van der Waals surface area contributed by atoms with Crippen LogP contribution in [0.1, 0.15) is 23.6 Å². The van der Waals surface area contributed by atoms with Crippen LogP contribution in [0.3, 0.4) is 0 Å². The number of aromatic hydroxyl groups is 1. The highest BCUT2D eigenvalue weighted by atomic mass is 16.3. The van der Waals surface area contributed by atoms with Crippen molar-refractivity contribution in [2.45, 2.75) is 25.8 Å². The number of benzene rings is 1. The van der Waals surface area contributed by atoms with Gasteiger partial charge in [0.2, 0.25) is 0 Å². The highest BCUT2D eigenvalue weighted by Gasteiger charge is 2.22. The number of hydrogen-bond acceptors (Lipinski definition) is 4. The summed E-state index contributed by atoms with van der Waals surface area (Å²) in [4.78, 5) is 0. The first-order valence-electron chi connectivity index (χ1n) is 6.56. The van der Waals surface area contributed by atoms with Crippen molar-refractivity contribution in [3.63, 3.8) is 0 Å². The van der Waals surface area contributed by atoms with Gasteiger partial charge in [-0.3, -0.25) is 0 Å². The van der Waals surface area contributed by atoms with E-state index in [0.717, 1.165) is 36.6 Å². The van der Waals surface area contributed by atoms with E-state index in [0.29, 0.717) is 6.42 Å². The van der Waals surface area contributed by atoms with E-state index in [1.165, 1.54) is 0 Å². The lowest BCUT2D eigenvalue weighted by molar-refractivity contribution is 0.189. The van der Waals surface area contributed by atoms with E-state index in [1.54, 1.807) is 12.1 Å². The topological polar surface area (TPSA) is 71.2 Å². The Morgan fingerprint density at radius 1 is 1.26 bits per heavy atom. The Balaban J connectivity index is 1.87. The van der Waals surface area contributed by atoms with Gasteiger partial charge in [-0.05, 0) is 12.5 Å². The number of nitrogens with zero attached hydrogens (tertiary/aromatic N) is 3. The van der Waals surface area contributed by atoms with Crippen molar-refractivity contribution in [3.8, 4) is 5.75 Å². The van der Waals surface area contributed by atoms with Crippen LogP contribution in [0, 0.1) is 5.92 Å². The third kappa shape index (κ3) is 2.33. The molecule has 0 fully saturated rings. The Hall–Kier alpha value is -1.88. The van der Waals surface area contributed by atoms with Gasteiger partial charge in [-0.15, -0.1) is 10.2 Å². The summed E-state index contributed by atoms with van der Waals surface area (Å²) in [6.45, 7) is 0.968. The molecular weight excluding hydrogens is 242 g/mol. The molecule has 3 rings (SSSR count). The van der Waals surface area contributed by atoms with Gasteiger partial charge in [0.1, 0.15) is 17.4 Å². The maximum atomic E-state index is 9.81. The fourth-order valence-corrected chi connectivity index (χ4v) is 2.56. The van der Waals surface area contributed by atoms with Crippen molar-refractivity contribution in [1.29, 1.82) is 0 Å². The SMILES string of the molecule is OCC1CCc2nnc(Cc3ccccc3O)n2C1. The molecule has 0 bridgehead atoms. The number of aryl methyl sites for hydroxylation is 1. The molecule has 2 N–H and O–H groups in total. The number of hydrogen-bond donors (Lipinski definition) is 2. The zero-order valence-electron chi connectivity index (χ0n) is 10.7. The first-order chi connectivity index (χ1) is 9.28. The molecule has 5 nitrogen and oxygen atoms in total. The zero-order valence-corrected chi connectivity index (χ0v) is 10.7. The predicted octanol–water partition coefficient (Wildman–Crippen LogP) is 1.13. The van der Waals surface area contributed by atoms with Crippen LogP contribution < -0.4 is 0 Å². The van der Waals surface area contributed by atoms with Crippen molar-refractivity contribution >= 4 is 0 Å². The summed E-state index contributed by atoms with van der Waals surface area (Å²) >= 11 is 0. The molecule has 0 saturated heterocycles. The molecule has 1 aliphatic rings. The number of phenols is 1. The quantitative estimate of drug-likeness (QED) is 0.866. The summed E-state index contributed by atoms with van der Waals surface area (Å²) in [5.41, 5.74) is 0.851. The monoisotopic (exact) mass is 259 g/mol. The fraction of sp³-hybridized carbons (Fsp3) is 0.429. The molecule has 1 aromatic heterocycles. The van der Waals surface area contributed by atoms with E-state index in [9.17, 15) is 10.2 Å². The number of aromatic nitrogens is 3. The summed E-state index contributed by atoms with van der Waals surface area (Å²) < 4.78 is 2.08. The second kappa shape index (κ2) is 5.01. The maximum absolute atomic E-state index is 9.81. The summed E-state index contributed by atoms with van der Waals surface area (Å²) in [7, 11) is 0. The highest BCUT2D eigenvalue weighted by Crippen LogP contribution is 2.23. The Labute approximate surface area is 111 Å². The van der Waals surface area contributed by atoms with Gasteiger partial charge in [-0.2, -0.15) is 0 Å². The molecule has 1 aromatic carbocycles. The van der Waals surface area contributed by atoms with Crippen LogP contribution in [0.25, 0.3) is 0 Å². The van der Waals surface area contributed by atoms with Crippen LogP contribution in [0.4, 0.5) is 0 Å². The molecular formula is C14H17N3O2. The van der Waals surface area contributed by atoms with E-state index < -0.39 is 0 Å². The van der Waals surface area contributed by atoms with Crippen molar-refractivity contribution < 1.29 is 10.2 Å². The molecule has 100 valence electrons. The third-order valence-corrected chi connectivity index (χ3v) is 3.72. The molecule has 1 unspecified atom stereocenters. The fourth-order valence-electron chi connectivity index (χ4n) is 2.56. The van der Waals surface area contributed by atoms with Crippen LogP contribution in [0.15, 0.2) is 24.3 Å². The third-order valence-electron chi connectivity index (χ3n) is 3.72. The van der Waals surface area contributed by atoms with E-state index >= 15 is 0 Å². The van der Waals surface area contributed by atoms with Gasteiger partial charge in [0.25, 0.3) is 0 Å². The molecule has 0 aliphatic carbocycles. The van der Waals surface area contributed by atoms with Gasteiger partial charge in [0, 0.05) is 37.5 Å². The average molecular weight is 259 g/mol. The van der Waals surface area contributed by atoms with Crippen molar-refractivity contribution in [3.05, 3.63) is 41.5 Å². The van der Waals surface area contributed by atoms with Crippen LogP contribution >= 0.6 is 0 Å². The maximum Gasteiger partial charge on any atom is 0.137 e.